The smallest absolute Gasteiger partial charge is 0.315 e. The average Bonchev–Trinajstić information content (AvgIpc) is 2.56. The minimum absolute atomic E-state index is 0.0286. The summed E-state index contributed by atoms with van der Waals surface area (Å²) >= 11 is 0. The summed E-state index contributed by atoms with van der Waals surface area (Å²) in [6.07, 6.45) is 3.49. The third kappa shape index (κ3) is 5.86. The van der Waals surface area contributed by atoms with Crippen molar-refractivity contribution in [2.24, 2.45) is 0 Å². The second-order valence-corrected chi connectivity index (χ2v) is 5.86. The number of aromatic nitrogens is 1. The molecule has 126 valence electrons. The Morgan fingerprint density at radius 2 is 2.04 bits per heavy atom. The van der Waals surface area contributed by atoms with Crippen LogP contribution in [0.1, 0.15) is 24.1 Å². The lowest BCUT2D eigenvalue weighted by Gasteiger charge is -2.31. The van der Waals surface area contributed by atoms with Gasteiger partial charge in [0.1, 0.15) is 0 Å². The van der Waals surface area contributed by atoms with E-state index in [2.05, 4.69) is 25.8 Å². The van der Waals surface area contributed by atoms with Gasteiger partial charge in [0.05, 0.1) is 6.54 Å². The molecule has 1 fully saturated rings. The molecule has 0 atom stereocenters. The molecular weight excluding hydrogens is 294 g/mol. The number of nitrogens with zero attached hydrogens (tertiary/aromatic N) is 2. The van der Waals surface area contributed by atoms with Crippen LogP contribution in [0.3, 0.4) is 0 Å². The first-order valence-corrected chi connectivity index (χ1v) is 7.95. The Morgan fingerprint density at radius 3 is 2.65 bits per heavy atom. The van der Waals surface area contributed by atoms with Gasteiger partial charge in [0, 0.05) is 44.6 Å². The van der Waals surface area contributed by atoms with Gasteiger partial charge in [-0.3, -0.25) is 14.7 Å². The monoisotopic (exact) mass is 319 g/mol. The molecule has 1 aromatic heterocycles. The molecule has 2 heterocycles. The fourth-order valence-corrected chi connectivity index (χ4v) is 2.54. The van der Waals surface area contributed by atoms with Gasteiger partial charge < -0.3 is 16.0 Å². The van der Waals surface area contributed by atoms with Crippen LogP contribution < -0.4 is 16.0 Å². The molecule has 7 nitrogen and oxygen atoms in total. The van der Waals surface area contributed by atoms with Gasteiger partial charge in [-0.05, 0) is 31.4 Å². The number of likely N-dealkylation sites (tertiary alicyclic amines) is 1. The fourth-order valence-electron chi connectivity index (χ4n) is 2.54. The Kier molecular flexibility index (Phi) is 6.34. The topological polar surface area (TPSA) is 86.4 Å². The molecule has 7 heteroatoms. The van der Waals surface area contributed by atoms with Gasteiger partial charge in [0.15, 0.2) is 0 Å². The van der Waals surface area contributed by atoms with Crippen molar-refractivity contribution in [3.63, 3.8) is 0 Å². The van der Waals surface area contributed by atoms with E-state index in [4.69, 9.17) is 0 Å². The molecule has 0 spiro atoms. The Morgan fingerprint density at radius 1 is 1.30 bits per heavy atom. The Bertz CT molecular complexity index is 524. The molecule has 0 aliphatic carbocycles. The number of aryl methyl sites for hydroxylation is 1. The van der Waals surface area contributed by atoms with E-state index in [0.29, 0.717) is 13.1 Å². The second-order valence-electron chi connectivity index (χ2n) is 5.86. The van der Waals surface area contributed by atoms with Crippen LogP contribution in [-0.2, 0) is 11.3 Å². The standard InChI is InChI=1S/C16H25N5O2/c1-12-3-4-13(9-18-12)10-19-16(23)20-14-5-7-21(8-6-14)11-15(22)17-2/h3-4,9,14H,5-8,10-11H2,1-2H3,(H,17,22)(H2,19,20,23). The van der Waals surface area contributed by atoms with Crippen LogP contribution >= 0.6 is 0 Å². The molecule has 0 radical (unpaired) electrons. The molecule has 1 aliphatic heterocycles. The first kappa shape index (κ1) is 17.2. The average molecular weight is 319 g/mol. The predicted molar refractivity (Wildman–Crippen MR) is 87.9 cm³/mol. The van der Waals surface area contributed by atoms with E-state index in [1.807, 2.05) is 19.1 Å². The highest BCUT2D eigenvalue weighted by molar-refractivity contribution is 5.77. The molecule has 3 amide bonds. The highest BCUT2D eigenvalue weighted by atomic mass is 16.2. The van der Waals surface area contributed by atoms with Crippen LogP contribution in [0.2, 0.25) is 0 Å². The van der Waals surface area contributed by atoms with Crippen molar-refractivity contribution < 1.29 is 9.59 Å². The lowest BCUT2D eigenvalue weighted by molar-refractivity contribution is -0.122. The molecule has 3 N–H and O–H groups in total. The summed E-state index contributed by atoms with van der Waals surface area (Å²) in [5.74, 6) is 0.0286. The van der Waals surface area contributed by atoms with Crippen LogP contribution in [-0.4, -0.2) is 54.5 Å². The quantitative estimate of drug-likeness (QED) is 0.733. The van der Waals surface area contributed by atoms with E-state index in [0.717, 1.165) is 37.2 Å². The normalized spacial score (nSPS) is 15.9. The highest BCUT2D eigenvalue weighted by Gasteiger charge is 2.21. The Balaban J connectivity index is 1.66. The number of urea groups is 1. The number of hydrogen-bond acceptors (Lipinski definition) is 4. The maximum Gasteiger partial charge on any atom is 0.315 e. The number of nitrogens with one attached hydrogen (secondary N) is 3. The van der Waals surface area contributed by atoms with E-state index < -0.39 is 0 Å². The number of rotatable bonds is 5. The van der Waals surface area contributed by atoms with Crippen molar-refractivity contribution in [3.8, 4) is 0 Å². The maximum atomic E-state index is 11.9. The van der Waals surface area contributed by atoms with Gasteiger partial charge in [0.25, 0.3) is 0 Å². The van der Waals surface area contributed by atoms with E-state index in [9.17, 15) is 9.59 Å². The number of hydrogen-bond donors (Lipinski definition) is 3. The third-order valence-corrected chi connectivity index (χ3v) is 3.99. The lowest BCUT2D eigenvalue weighted by atomic mass is 10.1. The van der Waals surface area contributed by atoms with Crippen LogP contribution in [0.5, 0.6) is 0 Å². The summed E-state index contributed by atoms with van der Waals surface area (Å²) in [6, 6.07) is 3.89. The van der Waals surface area contributed by atoms with Gasteiger partial charge in [-0.1, -0.05) is 6.07 Å². The Hall–Kier alpha value is -2.15. The van der Waals surface area contributed by atoms with Gasteiger partial charge in [-0.25, -0.2) is 4.79 Å². The molecule has 1 saturated heterocycles. The van der Waals surface area contributed by atoms with Crippen molar-refractivity contribution in [1.29, 1.82) is 0 Å². The molecule has 2 rings (SSSR count). The zero-order valence-corrected chi connectivity index (χ0v) is 13.8. The Labute approximate surface area is 136 Å². The fraction of sp³-hybridized carbons (Fsp3) is 0.562. The van der Waals surface area contributed by atoms with Crippen molar-refractivity contribution in [2.45, 2.75) is 32.4 Å². The van der Waals surface area contributed by atoms with E-state index in [-0.39, 0.29) is 18.0 Å². The number of likely N-dealkylation sites (N-methyl/N-ethyl adjacent to an activating group) is 1. The van der Waals surface area contributed by atoms with Crippen LogP contribution in [0.25, 0.3) is 0 Å². The summed E-state index contributed by atoms with van der Waals surface area (Å²) in [5.41, 5.74) is 1.94. The van der Waals surface area contributed by atoms with Crippen molar-refractivity contribution in [3.05, 3.63) is 29.6 Å². The number of carbonyl (C=O) groups is 2. The molecule has 0 saturated carbocycles. The molecule has 0 bridgehead atoms. The van der Waals surface area contributed by atoms with E-state index >= 15 is 0 Å². The molecule has 1 aliphatic rings. The highest BCUT2D eigenvalue weighted by Crippen LogP contribution is 2.09. The zero-order chi connectivity index (χ0) is 16.7. The van der Waals surface area contributed by atoms with Gasteiger partial charge in [-0.2, -0.15) is 0 Å². The van der Waals surface area contributed by atoms with Crippen LogP contribution in [0.15, 0.2) is 18.3 Å². The van der Waals surface area contributed by atoms with Gasteiger partial charge >= 0.3 is 6.03 Å². The first-order valence-electron chi connectivity index (χ1n) is 7.95. The number of carbonyl (C=O) groups excluding carboxylic acids is 2. The summed E-state index contributed by atoms with van der Waals surface area (Å²) in [6.45, 7) is 4.46. The largest absolute Gasteiger partial charge is 0.358 e. The predicted octanol–water partition coefficient (Wildman–Crippen LogP) is 0.400. The van der Waals surface area contributed by atoms with Crippen molar-refractivity contribution in [2.75, 3.05) is 26.7 Å². The number of amides is 3. The molecule has 1 aromatic rings. The third-order valence-electron chi connectivity index (χ3n) is 3.99. The SMILES string of the molecule is CNC(=O)CN1CCC(NC(=O)NCc2ccc(C)nc2)CC1. The van der Waals surface area contributed by atoms with E-state index in [1.54, 1.807) is 13.2 Å². The summed E-state index contributed by atoms with van der Waals surface area (Å²) < 4.78 is 0. The number of piperidine rings is 1. The van der Waals surface area contributed by atoms with Crippen molar-refractivity contribution >= 4 is 11.9 Å². The first-order chi connectivity index (χ1) is 11.1. The van der Waals surface area contributed by atoms with Crippen LogP contribution in [0.4, 0.5) is 4.79 Å². The van der Waals surface area contributed by atoms with Crippen molar-refractivity contribution in [1.82, 2.24) is 25.8 Å². The maximum absolute atomic E-state index is 11.9. The van der Waals surface area contributed by atoms with Gasteiger partial charge in [-0.15, -0.1) is 0 Å². The molecular formula is C16H25N5O2. The summed E-state index contributed by atoms with van der Waals surface area (Å²) in [7, 11) is 1.64. The van der Waals surface area contributed by atoms with Crippen LogP contribution in [0, 0.1) is 6.92 Å². The minimum Gasteiger partial charge on any atom is -0.358 e. The van der Waals surface area contributed by atoms with E-state index in [1.165, 1.54) is 0 Å². The molecule has 23 heavy (non-hydrogen) atoms. The zero-order valence-electron chi connectivity index (χ0n) is 13.8. The second kappa shape index (κ2) is 8.47. The minimum atomic E-state index is -0.157. The molecule has 0 unspecified atom stereocenters. The molecule has 0 aromatic carbocycles. The summed E-state index contributed by atoms with van der Waals surface area (Å²) in [4.78, 5) is 29.6. The number of pyridine rings is 1. The lowest BCUT2D eigenvalue weighted by Crippen LogP contribution is -2.49. The van der Waals surface area contributed by atoms with Gasteiger partial charge in [0.2, 0.25) is 5.91 Å². The summed E-state index contributed by atoms with van der Waals surface area (Å²) in [5, 5.41) is 8.47.